The van der Waals surface area contributed by atoms with Gasteiger partial charge in [-0.2, -0.15) is 0 Å². The minimum Gasteiger partial charge on any atom is -0.392 e. The molecule has 1 N–H and O–H groups in total. The minimum atomic E-state index is -0.482. The van der Waals surface area contributed by atoms with Crippen LogP contribution in [0.2, 0.25) is 10.0 Å². The number of aliphatic hydroxyl groups is 1. The fourth-order valence-corrected chi connectivity index (χ4v) is 3.83. The predicted molar refractivity (Wildman–Crippen MR) is 78.9 cm³/mol. The molecule has 0 aromatic heterocycles. The maximum absolute atomic E-state index is 12.5. The summed E-state index contributed by atoms with van der Waals surface area (Å²) >= 11 is 12.2. The Labute approximate surface area is 128 Å². The Hall–Kier alpha value is -0.770. The summed E-state index contributed by atoms with van der Waals surface area (Å²) in [5.41, 5.74) is 2.11. The quantitative estimate of drug-likeness (QED) is 0.865. The van der Waals surface area contributed by atoms with E-state index in [0.717, 1.165) is 36.8 Å². The molecule has 2 unspecified atom stereocenters. The molecular weight excluding hydrogens is 297 g/mol. The summed E-state index contributed by atoms with van der Waals surface area (Å²) in [6.45, 7) is 1.19. The third-order valence-corrected chi connectivity index (χ3v) is 4.92. The van der Waals surface area contributed by atoms with Crippen LogP contribution < -0.4 is 0 Å². The summed E-state index contributed by atoms with van der Waals surface area (Å²) in [4.78, 5) is 14.3. The first-order valence-electron chi connectivity index (χ1n) is 7.00. The Morgan fingerprint density at radius 3 is 2.80 bits per heavy atom. The van der Waals surface area contributed by atoms with Gasteiger partial charge in [0.25, 0.3) is 0 Å². The van der Waals surface area contributed by atoms with Crippen LogP contribution in [0.15, 0.2) is 12.1 Å². The van der Waals surface area contributed by atoms with Crippen molar-refractivity contribution in [2.24, 2.45) is 5.92 Å². The van der Waals surface area contributed by atoms with Crippen molar-refractivity contribution >= 4 is 29.1 Å². The maximum atomic E-state index is 12.5. The molecule has 1 amide bonds. The van der Waals surface area contributed by atoms with E-state index in [-0.39, 0.29) is 11.8 Å². The number of fused-ring (bicyclic) bond motifs is 1. The molecule has 2 aliphatic rings. The fraction of sp³-hybridized carbons (Fsp3) is 0.533. The molecule has 0 saturated heterocycles. The van der Waals surface area contributed by atoms with Crippen molar-refractivity contribution in [3.63, 3.8) is 0 Å². The molecule has 1 aliphatic heterocycles. The zero-order chi connectivity index (χ0) is 14.3. The molecule has 0 spiro atoms. The van der Waals surface area contributed by atoms with E-state index in [2.05, 4.69) is 0 Å². The van der Waals surface area contributed by atoms with Gasteiger partial charge in [0.05, 0.1) is 12.0 Å². The number of carbonyl (C=O) groups excluding carboxylic acids is 1. The third kappa shape index (κ3) is 2.54. The molecule has 20 heavy (non-hydrogen) atoms. The zero-order valence-electron chi connectivity index (χ0n) is 11.1. The summed E-state index contributed by atoms with van der Waals surface area (Å²) in [5, 5.41) is 11.1. The number of benzene rings is 1. The number of carbonyl (C=O) groups is 1. The second-order valence-electron chi connectivity index (χ2n) is 5.64. The molecule has 0 radical (unpaired) electrons. The lowest BCUT2D eigenvalue weighted by Gasteiger charge is -2.32. The molecule has 0 bridgehead atoms. The Kier molecular flexibility index (Phi) is 3.93. The SMILES string of the molecule is O=C(C1CCCC1O)N1CCc2cc(Cl)cc(Cl)c2C1. The van der Waals surface area contributed by atoms with Crippen LogP contribution in [-0.2, 0) is 17.8 Å². The van der Waals surface area contributed by atoms with Crippen LogP contribution >= 0.6 is 23.2 Å². The number of amides is 1. The van der Waals surface area contributed by atoms with Crippen molar-refractivity contribution < 1.29 is 9.90 Å². The normalized spacial score (nSPS) is 25.6. The lowest BCUT2D eigenvalue weighted by atomic mass is 9.97. The second kappa shape index (κ2) is 5.55. The van der Waals surface area contributed by atoms with Gasteiger partial charge in [-0.15, -0.1) is 0 Å². The van der Waals surface area contributed by atoms with Crippen LogP contribution in [0.4, 0.5) is 0 Å². The van der Waals surface area contributed by atoms with Gasteiger partial charge in [0.15, 0.2) is 0 Å². The van der Waals surface area contributed by atoms with Crippen molar-refractivity contribution in [3.8, 4) is 0 Å². The molecule has 1 aliphatic carbocycles. The van der Waals surface area contributed by atoms with Crippen LogP contribution in [-0.4, -0.2) is 28.6 Å². The molecule has 3 nitrogen and oxygen atoms in total. The molecule has 1 aromatic rings. The fourth-order valence-electron chi connectivity index (χ4n) is 3.23. The number of aliphatic hydroxyl groups excluding tert-OH is 1. The Balaban J connectivity index is 1.80. The highest BCUT2D eigenvalue weighted by Crippen LogP contribution is 2.33. The van der Waals surface area contributed by atoms with E-state index in [0.29, 0.717) is 23.1 Å². The van der Waals surface area contributed by atoms with Gasteiger partial charge in [0, 0.05) is 23.1 Å². The number of nitrogens with zero attached hydrogens (tertiary/aromatic N) is 1. The van der Waals surface area contributed by atoms with Crippen LogP contribution in [0, 0.1) is 5.92 Å². The van der Waals surface area contributed by atoms with Gasteiger partial charge in [-0.3, -0.25) is 4.79 Å². The molecule has 1 aromatic carbocycles. The van der Waals surface area contributed by atoms with Crippen LogP contribution in [0.3, 0.4) is 0 Å². The highest BCUT2D eigenvalue weighted by Gasteiger charge is 2.35. The first-order valence-corrected chi connectivity index (χ1v) is 7.75. The molecule has 3 rings (SSSR count). The smallest absolute Gasteiger partial charge is 0.228 e. The average molecular weight is 314 g/mol. The largest absolute Gasteiger partial charge is 0.392 e. The second-order valence-corrected chi connectivity index (χ2v) is 6.48. The predicted octanol–water partition coefficient (Wildman–Crippen LogP) is 3.04. The van der Waals surface area contributed by atoms with Gasteiger partial charge < -0.3 is 10.0 Å². The molecule has 5 heteroatoms. The van der Waals surface area contributed by atoms with Gasteiger partial charge >= 0.3 is 0 Å². The van der Waals surface area contributed by atoms with Crippen molar-refractivity contribution in [2.45, 2.75) is 38.3 Å². The number of hydrogen-bond acceptors (Lipinski definition) is 2. The Morgan fingerprint density at radius 2 is 2.10 bits per heavy atom. The first-order chi connectivity index (χ1) is 9.56. The zero-order valence-corrected chi connectivity index (χ0v) is 12.6. The van der Waals surface area contributed by atoms with Gasteiger partial charge in [-0.1, -0.05) is 23.2 Å². The Morgan fingerprint density at radius 1 is 1.30 bits per heavy atom. The first kappa shape index (κ1) is 14.2. The summed E-state index contributed by atoms with van der Waals surface area (Å²) in [6.07, 6.45) is 2.74. The number of halogens is 2. The van der Waals surface area contributed by atoms with E-state index in [1.807, 2.05) is 11.0 Å². The summed E-state index contributed by atoms with van der Waals surface area (Å²) in [6, 6.07) is 3.65. The average Bonchev–Trinajstić information content (AvgIpc) is 2.83. The van der Waals surface area contributed by atoms with Crippen molar-refractivity contribution in [1.82, 2.24) is 4.90 Å². The van der Waals surface area contributed by atoms with E-state index in [1.54, 1.807) is 6.07 Å². The van der Waals surface area contributed by atoms with Gasteiger partial charge in [0.2, 0.25) is 5.91 Å². The third-order valence-electron chi connectivity index (χ3n) is 4.36. The topological polar surface area (TPSA) is 40.5 Å². The Bertz CT molecular complexity index is 547. The van der Waals surface area contributed by atoms with Gasteiger partial charge in [-0.05, 0) is 48.9 Å². The summed E-state index contributed by atoms with van der Waals surface area (Å²) < 4.78 is 0. The molecule has 1 saturated carbocycles. The summed E-state index contributed by atoms with van der Waals surface area (Å²) in [5.74, 6) is -0.172. The van der Waals surface area contributed by atoms with E-state index in [9.17, 15) is 9.90 Å². The van der Waals surface area contributed by atoms with Gasteiger partial charge in [-0.25, -0.2) is 0 Å². The van der Waals surface area contributed by atoms with Crippen molar-refractivity contribution in [2.75, 3.05) is 6.54 Å². The highest BCUT2D eigenvalue weighted by molar-refractivity contribution is 6.35. The molecule has 1 heterocycles. The van der Waals surface area contributed by atoms with Gasteiger partial charge in [0.1, 0.15) is 0 Å². The van der Waals surface area contributed by atoms with E-state index in [1.165, 1.54) is 0 Å². The number of hydrogen-bond donors (Lipinski definition) is 1. The van der Waals surface area contributed by atoms with Crippen LogP contribution in [0.25, 0.3) is 0 Å². The highest BCUT2D eigenvalue weighted by atomic mass is 35.5. The lowest BCUT2D eigenvalue weighted by Crippen LogP contribution is -2.42. The van der Waals surface area contributed by atoms with Crippen LogP contribution in [0.1, 0.15) is 30.4 Å². The summed E-state index contributed by atoms with van der Waals surface area (Å²) in [7, 11) is 0. The molecule has 1 fully saturated rings. The maximum Gasteiger partial charge on any atom is 0.228 e. The molecule has 2 atom stereocenters. The standard InChI is InChI=1S/C15H17Cl2NO2/c16-10-6-9-4-5-18(8-12(9)13(17)7-10)15(20)11-2-1-3-14(11)19/h6-7,11,14,19H,1-5,8H2. The van der Waals surface area contributed by atoms with E-state index in [4.69, 9.17) is 23.2 Å². The monoisotopic (exact) mass is 313 g/mol. The molecule has 108 valence electrons. The van der Waals surface area contributed by atoms with E-state index < -0.39 is 6.10 Å². The van der Waals surface area contributed by atoms with Crippen molar-refractivity contribution in [3.05, 3.63) is 33.3 Å². The molecular formula is C15H17Cl2NO2. The number of rotatable bonds is 1. The van der Waals surface area contributed by atoms with Crippen molar-refractivity contribution in [1.29, 1.82) is 0 Å². The van der Waals surface area contributed by atoms with E-state index >= 15 is 0 Å². The lowest BCUT2D eigenvalue weighted by molar-refractivity contribution is -0.139. The van der Waals surface area contributed by atoms with Crippen LogP contribution in [0.5, 0.6) is 0 Å². The minimum absolute atomic E-state index is 0.0617.